The minimum absolute atomic E-state index is 0.0174. The summed E-state index contributed by atoms with van der Waals surface area (Å²) in [6, 6.07) is 2.71. The summed E-state index contributed by atoms with van der Waals surface area (Å²) in [5.74, 6) is 0.372. The molecule has 120 valence electrons. The predicted octanol–water partition coefficient (Wildman–Crippen LogP) is 2.27. The molecule has 0 aliphatic rings. The van der Waals surface area contributed by atoms with E-state index in [1.807, 2.05) is 13.2 Å². The summed E-state index contributed by atoms with van der Waals surface area (Å²) in [4.78, 5) is 0.0174. The van der Waals surface area contributed by atoms with Gasteiger partial charge in [-0.3, -0.25) is 0 Å². The number of nitrogens with one attached hydrogen (secondary N) is 2. The number of sulfonamides is 1. The maximum Gasteiger partial charge on any atom is 0.241 e. The minimum atomic E-state index is -3.71. The zero-order valence-corrected chi connectivity index (χ0v) is 14.5. The van der Waals surface area contributed by atoms with E-state index in [0.717, 1.165) is 12.2 Å². The van der Waals surface area contributed by atoms with Crippen molar-refractivity contribution in [2.45, 2.75) is 37.8 Å². The Balaban J connectivity index is 3.06. The molecule has 0 heterocycles. The minimum Gasteiger partial charge on any atom is -0.316 e. The van der Waals surface area contributed by atoms with Crippen molar-refractivity contribution in [1.29, 1.82) is 0 Å². The summed E-state index contributed by atoms with van der Waals surface area (Å²) in [6.45, 7) is 3.72. The lowest BCUT2D eigenvalue weighted by atomic mass is 10.1. The second-order valence-corrected chi connectivity index (χ2v) is 7.70. The first-order valence-electron chi connectivity index (χ1n) is 6.76. The summed E-state index contributed by atoms with van der Waals surface area (Å²) in [6.07, 6.45) is 2.71. The molecule has 0 fully saturated rings. The first-order valence-corrected chi connectivity index (χ1v) is 9.64. The fourth-order valence-electron chi connectivity index (χ4n) is 1.97. The average Bonchev–Trinajstić information content (AvgIpc) is 2.40. The molecule has 0 amide bonds. The molecule has 2 N–H and O–H groups in total. The quantitative estimate of drug-likeness (QED) is 0.766. The molecular formula is C14H23FN2O2S2. The Labute approximate surface area is 131 Å². The molecule has 0 saturated heterocycles. The largest absolute Gasteiger partial charge is 0.316 e. The highest BCUT2D eigenvalue weighted by Crippen LogP contribution is 2.21. The topological polar surface area (TPSA) is 58.2 Å². The van der Waals surface area contributed by atoms with Gasteiger partial charge in [0.15, 0.2) is 0 Å². The van der Waals surface area contributed by atoms with Crippen LogP contribution in [0.5, 0.6) is 0 Å². The zero-order chi connectivity index (χ0) is 16.0. The van der Waals surface area contributed by atoms with Crippen LogP contribution in [0.15, 0.2) is 17.0 Å². The molecule has 1 unspecified atom stereocenters. The first kappa shape index (κ1) is 18.4. The lowest BCUT2D eigenvalue weighted by Gasteiger charge is -2.16. The number of thioether (sulfide) groups is 1. The van der Waals surface area contributed by atoms with E-state index in [0.29, 0.717) is 12.1 Å². The van der Waals surface area contributed by atoms with Crippen molar-refractivity contribution in [3.63, 3.8) is 0 Å². The van der Waals surface area contributed by atoms with Gasteiger partial charge in [-0.05, 0) is 57.0 Å². The second kappa shape index (κ2) is 8.12. The molecule has 7 heteroatoms. The third-order valence-corrected chi connectivity index (χ3v) is 5.50. The lowest BCUT2D eigenvalue weighted by molar-refractivity contribution is 0.552. The summed E-state index contributed by atoms with van der Waals surface area (Å²) >= 11 is 1.66. The fraction of sp³-hybridized carbons (Fsp3) is 0.571. The molecule has 1 rings (SSSR count). The van der Waals surface area contributed by atoms with Gasteiger partial charge < -0.3 is 5.32 Å². The SMILES string of the molecule is CNCc1cc(F)c(C)c(S(=O)(=O)NC(C)CCSC)c1. The van der Waals surface area contributed by atoms with Gasteiger partial charge in [0, 0.05) is 18.2 Å². The maximum atomic E-state index is 13.9. The third kappa shape index (κ3) is 5.25. The number of hydrogen-bond acceptors (Lipinski definition) is 4. The van der Waals surface area contributed by atoms with Crippen LogP contribution in [0.1, 0.15) is 24.5 Å². The van der Waals surface area contributed by atoms with Gasteiger partial charge in [-0.2, -0.15) is 11.8 Å². The first-order chi connectivity index (χ1) is 9.81. The van der Waals surface area contributed by atoms with Crippen molar-refractivity contribution in [3.05, 3.63) is 29.1 Å². The second-order valence-electron chi connectivity index (χ2n) is 5.03. The molecule has 0 aliphatic carbocycles. The standard InChI is InChI=1S/C14H23FN2O2S2/c1-10(5-6-20-4)17-21(18,19)14-8-12(9-16-3)7-13(15)11(14)2/h7-8,10,16-17H,5-6,9H2,1-4H3. The summed E-state index contributed by atoms with van der Waals surface area (Å²) in [5.41, 5.74) is 0.761. The van der Waals surface area contributed by atoms with E-state index in [1.54, 1.807) is 18.8 Å². The van der Waals surface area contributed by atoms with Crippen molar-refractivity contribution in [2.24, 2.45) is 0 Å². The Hall–Kier alpha value is -0.630. The highest BCUT2D eigenvalue weighted by atomic mass is 32.2. The van der Waals surface area contributed by atoms with Crippen molar-refractivity contribution in [2.75, 3.05) is 19.1 Å². The maximum absolute atomic E-state index is 13.9. The third-order valence-electron chi connectivity index (χ3n) is 3.14. The van der Waals surface area contributed by atoms with E-state index >= 15 is 0 Å². The Bertz CT molecular complexity index is 577. The average molecular weight is 334 g/mol. The number of hydrogen-bond donors (Lipinski definition) is 2. The Kier molecular flexibility index (Phi) is 7.12. The summed E-state index contributed by atoms with van der Waals surface area (Å²) in [7, 11) is -1.98. The molecule has 0 aromatic heterocycles. The molecule has 0 bridgehead atoms. The Morgan fingerprint density at radius 3 is 2.62 bits per heavy atom. The van der Waals surface area contributed by atoms with E-state index in [2.05, 4.69) is 10.0 Å². The van der Waals surface area contributed by atoms with Crippen LogP contribution in [0.2, 0.25) is 0 Å². The smallest absolute Gasteiger partial charge is 0.241 e. The fourth-order valence-corrected chi connectivity index (χ4v) is 4.15. The van der Waals surface area contributed by atoms with Gasteiger partial charge in [-0.25, -0.2) is 17.5 Å². The van der Waals surface area contributed by atoms with E-state index in [4.69, 9.17) is 0 Å². The van der Waals surface area contributed by atoms with Gasteiger partial charge >= 0.3 is 0 Å². The predicted molar refractivity (Wildman–Crippen MR) is 86.7 cm³/mol. The van der Waals surface area contributed by atoms with Crippen molar-refractivity contribution in [1.82, 2.24) is 10.0 Å². The van der Waals surface area contributed by atoms with E-state index in [-0.39, 0.29) is 16.5 Å². The van der Waals surface area contributed by atoms with Gasteiger partial charge in [-0.15, -0.1) is 0 Å². The number of benzene rings is 1. The summed E-state index contributed by atoms with van der Waals surface area (Å²) in [5, 5.41) is 2.89. The molecular weight excluding hydrogens is 311 g/mol. The van der Waals surface area contributed by atoms with Crippen molar-refractivity contribution in [3.8, 4) is 0 Å². The van der Waals surface area contributed by atoms with Gasteiger partial charge in [-0.1, -0.05) is 0 Å². The molecule has 1 aromatic carbocycles. The van der Waals surface area contributed by atoms with Crippen molar-refractivity contribution < 1.29 is 12.8 Å². The summed E-state index contributed by atoms with van der Waals surface area (Å²) < 4.78 is 41.4. The molecule has 1 atom stereocenters. The van der Waals surface area contributed by atoms with E-state index in [1.165, 1.54) is 19.1 Å². The molecule has 4 nitrogen and oxygen atoms in total. The van der Waals surface area contributed by atoms with E-state index in [9.17, 15) is 12.8 Å². The van der Waals surface area contributed by atoms with Gasteiger partial charge in [0.05, 0.1) is 4.90 Å². The molecule has 0 spiro atoms. The van der Waals surface area contributed by atoms with Crippen LogP contribution in [0.25, 0.3) is 0 Å². The highest BCUT2D eigenvalue weighted by Gasteiger charge is 2.22. The number of halogens is 1. The van der Waals surface area contributed by atoms with Crippen LogP contribution >= 0.6 is 11.8 Å². The van der Waals surface area contributed by atoms with E-state index < -0.39 is 15.8 Å². The van der Waals surface area contributed by atoms with Crippen LogP contribution in [-0.4, -0.2) is 33.5 Å². The van der Waals surface area contributed by atoms with Crippen LogP contribution in [0.3, 0.4) is 0 Å². The van der Waals surface area contributed by atoms with Gasteiger partial charge in [0.1, 0.15) is 5.82 Å². The molecule has 0 radical (unpaired) electrons. The lowest BCUT2D eigenvalue weighted by Crippen LogP contribution is -2.33. The Morgan fingerprint density at radius 2 is 2.05 bits per heavy atom. The number of rotatable bonds is 8. The molecule has 0 aliphatic heterocycles. The molecule has 1 aromatic rings. The Morgan fingerprint density at radius 1 is 1.38 bits per heavy atom. The van der Waals surface area contributed by atoms with Crippen LogP contribution in [-0.2, 0) is 16.6 Å². The van der Waals surface area contributed by atoms with Crippen LogP contribution in [0.4, 0.5) is 4.39 Å². The van der Waals surface area contributed by atoms with Gasteiger partial charge in [0.25, 0.3) is 0 Å². The molecule has 21 heavy (non-hydrogen) atoms. The highest BCUT2D eigenvalue weighted by molar-refractivity contribution is 7.98. The molecule has 0 saturated carbocycles. The normalized spacial score (nSPS) is 13.4. The van der Waals surface area contributed by atoms with Gasteiger partial charge in [0.2, 0.25) is 10.0 Å². The zero-order valence-electron chi connectivity index (χ0n) is 12.9. The van der Waals surface area contributed by atoms with Crippen molar-refractivity contribution >= 4 is 21.8 Å². The van der Waals surface area contributed by atoms with Crippen LogP contribution in [0, 0.1) is 12.7 Å². The monoisotopic (exact) mass is 334 g/mol. The van der Waals surface area contributed by atoms with Crippen LogP contribution < -0.4 is 10.0 Å².